The molecule has 1 fully saturated rings. The largest absolute Gasteiger partial charge is 0.465 e. The average molecular weight is 215 g/mol. The van der Waals surface area contributed by atoms with Crippen LogP contribution in [0.1, 0.15) is 34.1 Å². The van der Waals surface area contributed by atoms with E-state index in [9.17, 15) is 4.79 Å². The van der Waals surface area contributed by atoms with Crippen LogP contribution in [-0.4, -0.2) is 30.8 Å². The second-order valence-corrected chi connectivity index (χ2v) is 4.56. The average Bonchev–Trinajstić information content (AvgIpc) is 2.17. The third-order valence-corrected chi connectivity index (χ3v) is 3.47. The van der Waals surface area contributed by atoms with Gasteiger partial charge in [0, 0.05) is 18.4 Å². The van der Waals surface area contributed by atoms with Crippen molar-refractivity contribution < 1.29 is 14.3 Å². The molecule has 2 N–H and O–H groups in total. The third-order valence-electron chi connectivity index (χ3n) is 3.47. The molecule has 1 rings (SSSR count). The summed E-state index contributed by atoms with van der Waals surface area (Å²) in [7, 11) is 0. The van der Waals surface area contributed by atoms with E-state index in [1.54, 1.807) is 6.92 Å². The molecule has 0 aliphatic heterocycles. The van der Waals surface area contributed by atoms with Gasteiger partial charge in [0.15, 0.2) is 0 Å². The van der Waals surface area contributed by atoms with Crippen molar-refractivity contribution in [3.8, 4) is 0 Å². The van der Waals surface area contributed by atoms with Gasteiger partial charge in [0.05, 0.1) is 12.7 Å². The highest BCUT2D eigenvalue weighted by atomic mass is 16.5. The van der Waals surface area contributed by atoms with E-state index in [-0.39, 0.29) is 17.5 Å². The predicted molar refractivity (Wildman–Crippen MR) is 57.4 cm³/mol. The van der Waals surface area contributed by atoms with Crippen molar-refractivity contribution >= 4 is 5.97 Å². The van der Waals surface area contributed by atoms with Crippen LogP contribution < -0.4 is 5.73 Å². The highest BCUT2D eigenvalue weighted by Gasteiger charge is 2.63. The Bertz CT molecular complexity index is 252. The Labute approximate surface area is 91.1 Å². The molecule has 0 saturated heterocycles. The van der Waals surface area contributed by atoms with Gasteiger partial charge in [-0.05, 0) is 13.8 Å². The summed E-state index contributed by atoms with van der Waals surface area (Å²) in [6.07, 6.45) is 0.601. The second-order valence-electron chi connectivity index (χ2n) is 4.56. The topological polar surface area (TPSA) is 61.5 Å². The van der Waals surface area contributed by atoms with Gasteiger partial charge in [0.2, 0.25) is 0 Å². The van der Waals surface area contributed by atoms with E-state index in [0.717, 1.165) is 0 Å². The summed E-state index contributed by atoms with van der Waals surface area (Å²) in [5.41, 5.74) is 4.84. The standard InChI is InChI=1S/C11H21NO3/c1-5-14-8-7-11(12,10(8,3)4)9(13)15-6-2/h8H,5-7,12H2,1-4H3/t8-,11-/m1/s1. The number of hydrogen-bond donors (Lipinski definition) is 1. The lowest BCUT2D eigenvalue weighted by Gasteiger charge is -2.56. The number of esters is 1. The lowest BCUT2D eigenvalue weighted by atomic mass is 9.54. The number of nitrogens with two attached hydrogens (primary N) is 1. The molecule has 0 radical (unpaired) electrons. The predicted octanol–water partition coefficient (Wildman–Crippen LogP) is 1.08. The van der Waals surface area contributed by atoms with Gasteiger partial charge in [0.25, 0.3) is 0 Å². The summed E-state index contributed by atoms with van der Waals surface area (Å²) in [5, 5.41) is 0. The zero-order valence-electron chi connectivity index (χ0n) is 10.0. The molecule has 0 spiro atoms. The maximum absolute atomic E-state index is 11.7. The molecule has 88 valence electrons. The number of hydrogen-bond acceptors (Lipinski definition) is 4. The molecule has 0 aromatic carbocycles. The first-order valence-corrected chi connectivity index (χ1v) is 5.47. The van der Waals surface area contributed by atoms with Gasteiger partial charge in [-0.3, -0.25) is 4.79 Å². The molecule has 0 bridgehead atoms. The van der Waals surface area contributed by atoms with Crippen molar-refractivity contribution in [3.63, 3.8) is 0 Å². The first-order chi connectivity index (χ1) is 6.90. The van der Waals surface area contributed by atoms with E-state index >= 15 is 0 Å². The van der Waals surface area contributed by atoms with Crippen molar-refractivity contribution in [2.45, 2.75) is 45.8 Å². The Morgan fingerprint density at radius 1 is 1.40 bits per heavy atom. The molecule has 0 amide bonds. The van der Waals surface area contributed by atoms with Gasteiger partial charge in [-0.15, -0.1) is 0 Å². The Kier molecular flexibility index (Phi) is 3.41. The normalized spacial score (nSPS) is 33.3. The third kappa shape index (κ3) is 1.76. The van der Waals surface area contributed by atoms with Gasteiger partial charge in [0.1, 0.15) is 5.54 Å². The Hall–Kier alpha value is -0.610. The van der Waals surface area contributed by atoms with Crippen LogP contribution in [0.2, 0.25) is 0 Å². The van der Waals surface area contributed by atoms with Crippen LogP contribution in [0.4, 0.5) is 0 Å². The molecule has 15 heavy (non-hydrogen) atoms. The van der Waals surface area contributed by atoms with E-state index in [1.165, 1.54) is 0 Å². The van der Waals surface area contributed by atoms with Gasteiger partial charge >= 0.3 is 5.97 Å². The molecule has 4 heteroatoms. The Balaban J connectivity index is 2.70. The summed E-state index contributed by atoms with van der Waals surface area (Å²) < 4.78 is 10.5. The Morgan fingerprint density at radius 3 is 2.40 bits per heavy atom. The van der Waals surface area contributed by atoms with E-state index < -0.39 is 5.54 Å². The van der Waals surface area contributed by atoms with E-state index in [2.05, 4.69) is 0 Å². The molecular formula is C11H21NO3. The molecule has 1 aliphatic carbocycles. The number of carbonyl (C=O) groups is 1. The molecule has 4 nitrogen and oxygen atoms in total. The van der Waals surface area contributed by atoms with Crippen LogP contribution in [0.25, 0.3) is 0 Å². The second kappa shape index (κ2) is 4.10. The van der Waals surface area contributed by atoms with Crippen molar-refractivity contribution in [3.05, 3.63) is 0 Å². The van der Waals surface area contributed by atoms with Gasteiger partial charge in [-0.25, -0.2) is 0 Å². The van der Waals surface area contributed by atoms with Crippen molar-refractivity contribution in [2.75, 3.05) is 13.2 Å². The quantitative estimate of drug-likeness (QED) is 0.713. The van der Waals surface area contributed by atoms with Gasteiger partial charge < -0.3 is 15.2 Å². The minimum Gasteiger partial charge on any atom is -0.465 e. The van der Waals surface area contributed by atoms with Crippen LogP contribution in [0.3, 0.4) is 0 Å². The fourth-order valence-corrected chi connectivity index (χ4v) is 2.04. The summed E-state index contributed by atoms with van der Waals surface area (Å²) >= 11 is 0. The first kappa shape index (κ1) is 12.5. The highest BCUT2D eigenvalue weighted by Crippen LogP contribution is 2.50. The van der Waals surface area contributed by atoms with Crippen molar-refractivity contribution in [2.24, 2.45) is 11.1 Å². The minimum absolute atomic E-state index is 0.0527. The molecule has 0 unspecified atom stereocenters. The molecule has 2 atom stereocenters. The minimum atomic E-state index is -0.886. The summed E-state index contributed by atoms with van der Waals surface area (Å²) in [4.78, 5) is 11.7. The molecule has 0 heterocycles. The smallest absolute Gasteiger partial charge is 0.326 e. The Morgan fingerprint density at radius 2 is 2.00 bits per heavy atom. The molecule has 0 aromatic rings. The molecule has 0 aromatic heterocycles. The van der Waals surface area contributed by atoms with Crippen LogP contribution in [0.15, 0.2) is 0 Å². The zero-order chi connectivity index (χ0) is 11.7. The van der Waals surface area contributed by atoms with Gasteiger partial charge in [-0.1, -0.05) is 13.8 Å². The van der Waals surface area contributed by atoms with Crippen LogP contribution in [0, 0.1) is 5.41 Å². The maximum Gasteiger partial charge on any atom is 0.326 e. The van der Waals surface area contributed by atoms with E-state index in [0.29, 0.717) is 19.6 Å². The van der Waals surface area contributed by atoms with Crippen LogP contribution in [0.5, 0.6) is 0 Å². The van der Waals surface area contributed by atoms with Crippen LogP contribution in [-0.2, 0) is 14.3 Å². The number of ether oxygens (including phenoxy) is 2. The lowest BCUT2D eigenvalue weighted by molar-refractivity contribution is -0.189. The summed E-state index contributed by atoms with van der Waals surface area (Å²) in [5.74, 6) is -0.314. The number of rotatable bonds is 4. The fraction of sp³-hybridized carbons (Fsp3) is 0.909. The number of carbonyl (C=O) groups excluding carboxylic acids is 1. The highest BCUT2D eigenvalue weighted by molar-refractivity contribution is 5.83. The van der Waals surface area contributed by atoms with E-state index in [1.807, 2.05) is 20.8 Å². The maximum atomic E-state index is 11.7. The molecule has 1 aliphatic rings. The van der Waals surface area contributed by atoms with Gasteiger partial charge in [-0.2, -0.15) is 0 Å². The van der Waals surface area contributed by atoms with Crippen molar-refractivity contribution in [1.29, 1.82) is 0 Å². The summed E-state index contributed by atoms with van der Waals surface area (Å²) in [6.45, 7) is 8.64. The van der Waals surface area contributed by atoms with Crippen LogP contribution >= 0.6 is 0 Å². The molecular weight excluding hydrogens is 194 g/mol. The summed E-state index contributed by atoms with van der Waals surface area (Å²) in [6, 6.07) is 0. The van der Waals surface area contributed by atoms with Crippen molar-refractivity contribution in [1.82, 2.24) is 0 Å². The first-order valence-electron chi connectivity index (χ1n) is 5.47. The monoisotopic (exact) mass is 215 g/mol. The molecule has 1 saturated carbocycles. The van der Waals surface area contributed by atoms with E-state index in [4.69, 9.17) is 15.2 Å². The lowest BCUT2D eigenvalue weighted by Crippen LogP contribution is -2.74. The SMILES string of the molecule is CCOC(=O)[C@]1(N)C[C@@H](OCC)C1(C)C. The zero-order valence-corrected chi connectivity index (χ0v) is 10.0. The fourth-order valence-electron chi connectivity index (χ4n) is 2.04.